The van der Waals surface area contributed by atoms with E-state index in [1.165, 1.54) is 0 Å². The summed E-state index contributed by atoms with van der Waals surface area (Å²) in [5, 5.41) is 5.07. The third-order valence-corrected chi connectivity index (χ3v) is 7.24. The van der Waals surface area contributed by atoms with Crippen molar-refractivity contribution in [1.82, 2.24) is 14.9 Å². The molecule has 0 radical (unpaired) electrons. The first-order chi connectivity index (χ1) is 16.1. The number of anilines is 1. The van der Waals surface area contributed by atoms with Gasteiger partial charge in [0.05, 0.1) is 24.6 Å². The summed E-state index contributed by atoms with van der Waals surface area (Å²) in [5.74, 6) is 1.20. The van der Waals surface area contributed by atoms with E-state index in [0.717, 1.165) is 32.8 Å². The molecule has 4 rings (SSSR count). The van der Waals surface area contributed by atoms with Gasteiger partial charge in [0.15, 0.2) is 5.82 Å². The smallest absolute Gasteiger partial charge is 0.246 e. The quantitative estimate of drug-likeness (QED) is 0.520. The minimum absolute atomic E-state index is 0.0641. The van der Waals surface area contributed by atoms with Crippen molar-refractivity contribution in [3.8, 4) is 10.7 Å². The lowest BCUT2D eigenvalue weighted by atomic mass is 10.2. The molecule has 33 heavy (non-hydrogen) atoms. The van der Waals surface area contributed by atoms with Crippen molar-refractivity contribution in [2.24, 2.45) is 0 Å². The number of carbonyl (C=O) groups is 2. The molecule has 0 atom stereocenters. The zero-order chi connectivity index (χ0) is 23.2. The van der Waals surface area contributed by atoms with E-state index in [1.54, 1.807) is 41.7 Å². The number of nitrogens with zero attached hydrogens (tertiary/aromatic N) is 3. The molecule has 170 valence electrons. The van der Waals surface area contributed by atoms with Crippen molar-refractivity contribution in [2.75, 3.05) is 25.6 Å². The lowest BCUT2D eigenvalue weighted by molar-refractivity contribution is -0.127. The van der Waals surface area contributed by atoms with Crippen molar-refractivity contribution < 1.29 is 14.3 Å². The molecule has 0 unspecified atom stereocenters. The zero-order valence-electron chi connectivity index (χ0n) is 18.4. The fraction of sp³-hybridized carbons (Fsp3) is 0.250. The molecule has 3 heterocycles. The van der Waals surface area contributed by atoms with Crippen LogP contribution in [0.25, 0.3) is 10.7 Å². The number of amides is 1. The van der Waals surface area contributed by atoms with Crippen LogP contribution < -0.4 is 5.32 Å². The van der Waals surface area contributed by atoms with Crippen LogP contribution in [0.4, 0.5) is 5.82 Å². The number of hydrogen-bond acceptors (Lipinski definition) is 8. The van der Waals surface area contributed by atoms with Gasteiger partial charge in [-0.1, -0.05) is 36.4 Å². The maximum atomic E-state index is 13.0. The molecule has 1 amide bonds. The Morgan fingerprint density at radius 3 is 2.79 bits per heavy atom. The molecule has 0 saturated carbocycles. The van der Waals surface area contributed by atoms with Gasteiger partial charge in [0.25, 0.3) is 0 Å². The van der Waals surface area contributed by atoms with E-state index >= 15 is 0 Å². The predicted molar refractivity (Wildman–Crippen MR) is 132 cm³/mol. The molecule has 2 aromatic heterocycles. The lowest BCUT2D eigenvalue weighted by Gasteiger charge is -2.24. The van der Waals surface area contributed by atoms with E-state index in [2.05, 4.69) is 15.3 Å². The minimum atomic E-state index is -0.0918. The number of carbonyl (C=O) groups excluding carboxylic acids is 2. The Morgan fingerprint density at radius 1 is 1.24 bits per heavy atom. The Bertz CT molecular complexity index is 1160. The number of nitrogens with one attached hydrogen (secondary N) is 1. The molecule has 3 aromatic rings. The highest BCUT2D eigenvalue weighted by Crippen LogP contribution is 2.32. The van der Waals surface area contributed by atoms with Gasteiger partial charge in [0.2, 0.25) is 11.0 Å². The molecule has 0 aliphatic carbocycles. The Morgan fingerprint density at radius 2 is 2.06 bits per heavy atom. The third kappa shape index (κ3) is 5.50. The van der Waals surface area contributed by atoms with Crippen LogP contribution in [0.3, 0.4) is 0 Å². The number of thioether (sulfide) groups is 1. The van der Waals surface area contributed by atoms with Gasteiger partial charge in [0, 0.05) is 41.5 Å². The van der Waals surface area contributed by atoms with Gasteiger partial charge in [-0.25, -0.2) is 9.97 Å². The molecular weight excluding hydrogens is 456 g/mol. The summed E-state index contributed by atoms with van der Waals surface area (Å²) >= 11 is 2.72. The second-order valence-electron chi connectivity index (χ2n) is 7.39. The summed E-state index contributed by atoms with van der Waals surface area (Å²) in [6, 6.07) is 13.1. The Labute approximate surface area is 200 Å². The molecule has 1 aromatic carbocycles. The fourth-order valence-electron chi connectivity index (χ4n) is 3.42. The Hall–Kier alpha value is -3.01. The summed E-state index contributed by atoms with van der Waals surface area (Å²) < 4.78 is 5.26. The molecule has 0 bridgehead atoms. The van der Waals surface area contributed by atoms with Gasteiger partial charge in [-0.05, 0) is 30.1 Å². The Kier molecular flexibility index (Phi) is 7.54. The molecule has 9 heteroatoms. The number of thiophene rings is 1. The average molecular weight is 481 g/mol. The monoisotopic (exact) mass is 480 g/mol. The summed E-state index contributed by atoms with van der Waals surface area (Å²) in [6.45, 7) is 2.76. The van der Waals surface area contributed by atoms with Crippen LogP contribution in [0.15, 0.2) is 64.6 Å². The molecule has 1 aliphatic rings. The molecule has 0 spiro atoms. The van der Waals surface area contributed by atoms with Crippen LogP contribution in [-0.2, 0) is 16.1 Å². The lowest BCUT2D eigenvalue weighted by Crippen LogP contribution is -2.32. The minimum Gasteiger partial charge on any atom is -0.384 e. The number of benzene rings is 1. The standard InChI is InChI=1S/C24H24N4O3S2/c1-16(19(10-11-31-2)33-24(30)17-7-4-3-5-8-17)28-15-18-13-25-23(20-9-6-12-32-20)27-22(18)26-14-21(28)29/h3-9,12-13H,10-11,14-15H2,1-2H3,(H,25,26,27)/b19-16-. The van der Waals surface area contributed by atoms with E-state index in [0.29, 0.717) is 36.8 Å². The summed E-state index contributed by atoms with van der Waals surface area (Å²) in [6.07, 6.45) is 2.30. The number of aromatic nitrogens is 2. The number of hydrogen-bond donors (Lipinski definition) is 1. The molecule has 0 saturated heterocycles. The van der Waals surface area contributed by atoms with Crippen molar-refractivity contribution in [2.45, 2.75) is 19.9 Å². The van der Waals surface area contributed by atoms with E-state index in [-0.39, 0.29) is 17.6 Å². The third-order valence-electron chi connectivity index (χ3n) is 5.21. The maximum Gasteiger partial charge on any atom is 0.246 e. The molecule has 1 N–H and O–H groups in total. The largest absolute Gasteiger partial charge is 0.384 e. The number of allylic oxidation sites excluding steroid dienone is 1. The predicted octanol–water partition coefficient (Wildman–Crippen LogP) is 4.80. The van der Waals surface area contributed by atoms with Crippen molar-refractivity contribution in [3.05, 3.63) is 75.8 Å². The van der Waals surface area contributed by atoms with Gasteiger partial charge in [-0.15, -0.1) is 11.3 Å². The number of ether oxygens (including phenoxy) is 1. The first kappa shape index (κ1) is 23.2. The van der Waals surface area contributed by atoms with Crippen LogP contribution in [0, 0.1) is 0 Å². The summed E-state index contributed by atoms with van der Waals surface area (Å²) in [4.78, 5) is 38.5. The first-order valence-corrected chi connectivity index (χ1v) is 12.2. The highest BCUT2D eigenvalue weighted by atomic mass is 32.2. The SMILES string of the molecule is COCC/C(SC(=O)c1ccccc1)=C(\C)N1Cc2cnc(-c3cccs3)nc2NCC1=O. The highest BCUT2D eigenvalue weighted by molar-refractivity contribution is 8.17. The van der Waals surface area contributed by atoms with Crippen LogP contribution in [-0.4, -0.2) is 46.2 Å². The number of fused-ring (bicyclic) bond motifs is 1. The van der Waals surface area contributed by atoms with Gasteiger partial charge in [-0.3, -0.25) is 9.59 Å². The molecule has 7 nitrogen and oxygen atoms in total. The fourth-order valence-corrected chi connectivity index (χ4v) is 5.00. The van der Waals surface area contributed by atoms with Gasteiger partial charge >= 0.3 is 0 Å². The summed E-state index contributed by atoms with van der Waals surface area (Å²) in [5.41, 5.74) is 2.18. The van der Waals surface area contributed by atoms with Gasteiger partial charge < -0.3 is 15.0 Å². The zero-order valence-corrected chi connectivity index (χ0v) is 20.0. The average Bonchev–Trinajstić information content (AvgIpc) is 3.33. The van der Waals surface area contributed by atoms with E-state index in [1.807, 2.05) is 42.6 Å². The maximum absolute atomic E-state index is 13.0. The number of rotatable bonds is 7. The second kappa shape index (κ2) is 10.7. The summed E-state index contributed by atoms with van der Waals surface area (Å²) in [7, 11) is 1.62. The van der Waals surface area contributed by atoms with Crippen molar-refractivity contribution in [1.29, 1.82) is 0 Å². The van der Waals surface area contributed by atoms with Crippen LogP contribution in [0.1, 0.15) is 29.3 Å². The molecular formula is C24H24N4O3S2. The van der Waals surface area contributed by atoms with Crippen molar-refractivity contribution in [3.63, 3.8) is 0 Å². The van der Waals surface area contributed by atoms with Crippen LogP contribution >= 0.6 is 23.1 Å². The van der Waals surface area contributed by atoms with Gasteiger partial charge in [-0.2, -0.15) is 0 Å². The van der Waals surface area contributed by atoms with E-state index < -0.39 is 0 Å². The van der Waals surface area contributed by atoms with Crippen LogP contribution in [0.2, 0.25) is 0 Å². The van der Waals surface area contributed by atoms with Gasteiger partial charge in [0.1, 0.15) is 5.82 Å². The van der Waals surface area contributed by atoms with E-state index in [9.17, 15) is 9.59 Å². The highest BCUT2D eigenvalue weighted by Gasteiger charge is 2.26. The Balaban J connectivity index is 1.62. The van der Waals surface area contributed by atoms with E-state index in [4.69, 9.17) is 4.74 Å². The molecule has 1 aliphatic heterocycles. The normalized spacial score (nSPS) is 14.2. The topological polar surface area (TPSA) is 84.4 Å². The first-order valence-electron chi connectivity index (χ1n) is 10.5. The number of methoxy groups -OCH3 is 1. The second-order valence-corrected chi connectivity index (χ2v) is 9.40. The molecule has 0 fully saturated rings. The van der Waals surface area contributed by atoms with Crippen LogP contribution in [0.5, 0.6) is 0 Å². The van der Waals surface area contributed by atoms with Crippen molar-refractivity contribution >= 4 is 39.9 Å².